The van der Waals surface area contributed by atoms with Gasteiger partial charge in [-0.15, -0.1) is 11.8 Å². The maximum Gasteiger partial charge on any atom is 0.138 e. The van der Waals surface area contributed by atoms with Gasteiger partial charge in [-0.25, -0.2) is 9.97 Å². The van der Waals surface area contributed by atoms with Crippen LogP contribution in [0.15, 0.2) is 45.9 Å². The molecular weight excluding hydrogens is 322 g/mol. The van der Waals surface area contributed by atoms with Crippen molar-refractivity contribution in [3.63, 3.8) is 0 Å². The van der Waals surface area contributed by atoms with Crippen LogP contribution in [0, 0.1) is 0 Å². The zero-order chi connectivity index (χ0) is 13.5. The molecule has 0 aliphatic heterocycles. The van der Waals surface area contributed by atoms with Crippen molar-refractivity contribution in [2.24, 2.45) is 0 Å². The molecule has 0 bridgehead atoms. The molecule has 2 aromatic rings. The van der Waals surface area contributed by atoms with E-state index in [1.807, 2.05) is 24.4 Å². The third-order valence-corrected chi connectivity index (χ3v) is 4.04. The molecule has 100 valence electrons. The van der Waals surface area contributed by atoms with E-state index >= 15 is 0 Å². The molecule has 1 aromatic heterocycles. The third-order valence-electron chi connectivity index (χ3n) is 2.50. The Balaban J connectivity index is 1.93. The molecule has 0 atom stereocenters. The van der Waals surface area contributed by atoms with Gasteiger partial charge in [0, 0.05) is 22.1 Å². The van der Waals surface area contributed by atoms with Gasteiger partial charge in [-0.05, 0) is 36.9 Å². The molecule has 2 rings (SSSR count). The summed E-state index contributed by atoms with van der Waals surface area (Å²) in [6.07, 6.45) is 1.83. The maximum atomic E-state index is 4.54. The van der Waals surface area contributed by atoms with Gasteiger partial charge in [0.15, 0.2) is 0 Å². The van der Waals surface area contributed by atoms with Crippen molar-refractivity contribution in [2.75, 3.05) is 6.54 Å². The molecule has 1 N–H and O–H groups in total. The van der Waals surface area contributed by atoms with E-state index in [-0.39, 0.29) is 0 Å². The predicted octanol–water partition coefficient (Wildman–Crippen LogP) is 3.64. The fourth-order valence-electron chi connectivity index (χ4n) is 1.54. The summed E-state index contributed by atoms with van der Waals surface area (Å²) < 4.78 is 1.10. The van der Waals surface area contributed by atoms with Gasteiger partial charge in [-0.3, -0.25) is 0 Å². The average molecular weight is 338 g/mol. The summed E-state index contributed by atoms with van der Waals surface area (Å²) >= 11 is 5.18. The Morgan fingerprint density at radius 3 is 2.74 bits per heavy atom. The molecule has 5 heteroatoms. The van der Waals surface area contributed by atoms with Crippen molar-refractivity contribution >= 4 is 27.7 Å². The molecule has 0 saturated heterocycles. The fourth-order valence-corrected chi connectivity index (χ4v) is 2.57. The van der Waals surface area contributed by atoms with Crippen LogP contribution >= 0.6 is 27.7 Å². The second-order valence-corrected chi connectivity index (χ2v) is 5.95. The first-order valence-corrected chi connectivity index (χ1v) is 7.95. The number of aromatic nitrogens is 2. The van der Waals surface area contributed by atoms with Crippen LogP contribution < -0.4 is 5.32 Å². The molecule has 1 aromatic carbocycles. The molecule has 0 aliphatic rings. The van der Waals surface area contributed by atoms with E-state index in [4.69, 9.17) is 0 Å². The van der Waals surface area contributed by atoms with Crippen molar-refractivity contribution in [2.45, 2.75) is 24.1 Å². The van der Waals surface area contributed by atoms with Crippen LogP contribution in [0.25, 0.3) is 0 Å². The van der Waals surface area contributed by atoms with Crippen LogP contribution in [-0.4, -0.2) is 16.5 Å². The van der Waals surface area contributed by atoms with E-state index in [0.29, 0.717) is 0 Å². The molecule has 0 fully saturated rings. The largest absolute Gasteiger partial charge is 0.311 e. The molecule has 0 radical (unpaired) electrons. The summed E-state index contributed by atoms with van der Waals surface area (Å²) in [5.74, 6) is 1.67. The quantitative estimate of drug-likeness (QED) is 0.816. The Labute approximate surface area is 126 Å². The highest BCUT2D eigenvalue weighted by atomic mass is 79.9. The highest BCUT2D eigenvalue weighted by Crippen LogP contribution is 2.23. The highest BCUT2D eigenvalue weighted by molar-refractivity contribution is 9.10. The molecule has 0 spiro atoms. The lowest BCUT2D eigenvalue weighted by molar-refractivity contribution is 0.704. The van der Waals surface area contributed by atoms with Gasteiger partial charge >= 0.3 is 0 Å². The zero-order valence-corrected chi connectivity index (χ0v) is 13.2. The summed E-state index contributed by atoms with van der Waals surface area (Å²) in [5, 5.41) is 3.27. The Morgan fingerprint density at radius 2 is 2.00 bits per heavy atom. The second kappa shape index (κ2) is 7.62. The summed E-state index contributed by atoms with van der Waals surface area (Å²) in [6.45, 7) is 3.84. The van der Waals surface area contributed by atoms with E-state index in [1.165, 1.54) is 4.90 Å². The first kappa shape index (κ1) is 14.5. The highest BCUT2D eigenvalue weighted by Gasteiger charge is 2.01. The average Bonchev–Trinajstić information content (AvgIpc) is 2.45. The number of thioether (sulfide) groups is 1. The Morgan fingerprint density at radius 1 is 1.21 bits per heavy atom. The Bertz CT molecular complexity index is 516. The third kappa shape index (κ3) is 4.93. The Hall–Kier alpha value is -0.910. The lowest BCUT2D eigenvalue weighted by Gasteiger charge is -2.04. The number of hydrogen-bond acceptors (Lipinski definition) is 4. The summed E-state index contributed by atoms with van der Waals surface area (Å²) in [6, 6.07) is 10.2. The number of halogens is 1. The van der Waals surface area contributed by atoms with E-state index in [9.17, 15) is 0 Å². The van der Waals surface area contributed by atoms with Gasteiger partial charge in [-0.2, -0.15) is 0 Å². The lowest BCUT2D eigenvalue weighted by atomic mass is 10.4. The molecular formula is C14H16BrN3S. The minimum Gasteiger partial charge on any atom is -0.311 e. The SMILES string of the molecule is CCNCc1ccnc(CSc2ccc(Br)cc2)n1. The normalized spacial score (nSPS) is 10.6. The van der Waals surface area contributed by atoms with E-state index in [2.05, 4.69) is 50.3 Å². The molecule has 19 heavy (non-hydrogen) atoms. The van der Waals surface area contributed by atoms with Crippen molar-refractivity contribution in [3.8, 4) is 0 Å². The van der Waals surface area contributed by atoms with Crippen molar-refractivity contribution < 1.29 is 0 Å². The first-order chi connectivity index (χ1) is 9.28. The van der Waals surface area contributed by atoms with Crippen LogP contribution in [-0.2, 0) is 12.3 Å². The molecule has 0 aliphatic carbocycles. The Kier molecular flexibility index (Phi) is 5.82. The van der Waals surface area contributed by atoms with Crippen LogP contribution in [0.4, 0.5) is 0 Å². The molecule has 0 amide bonds. The lowest BCUT2D eigenvalue weighted by Crippen LogP contribution is -2.13. The maximum absolute atomic E-state index is 4.54. The monoisotopic (exact) mass is 337 g/mol. The van der Waals surface area contributed by atoms with E-state index < -0.39 is 0 Å². The number of benzene rings is 1. The van der Waals surface area contributed by atoms with Crippen LogP contribution in [0.5, 0.6) is 0 Å². The number of rotatable bonds is 6. The van der Waals surface area contributed by atoms with E-state index in [1.54, 1.807) is 11.8 Å². The van der Waals surface area contributed by atoms with Crippen molar-refractivity contribution in [3.05, 3.63) is 52.5 Å². The number of nitrogens with zero attached hydrogens (tertiary/aromatic N) is 2. The minimum atomic E-state index is 0.793. The summed E-state index contributed by atoms with van der Waals surface area (Å²) in [7, 11) is 0. The fraction of sp³-hybridized carbons (Fsp3) is 0.286. The van der Waals surface area contributed by atoms with Gasteiger partial charge in [0.2, 0.25) is 0 Å². The summed E-state index contributed by atoms with van der Waals surface area (Å²) in [5.41, 5.74) is 1.04. The zero-order valence-electron chi connectivity index (χ0n) is 10.8. The van der Waals surface area contributed by atoms with Gasteiger partial charge in [0.05, 0.1) is 11.4 Å². The first-order valence-electron chi connectivity index (χ1n) is 6.18. The second-order valence-electron chi connectivity index (χ2n) is 3.99. The number of nitrogens with one attached hydrogen (secondary N) is 1. The molecule has 1 heterocycles. The van der Waals surface area contributed by atoms with Crippen LogP contribution in [0.3, 0.4) is 0 Å². The van der Waals surface area contributed by atoms with Gasteiger partial charge < -0.3 is 5.32 Å². The van der Waals surface area contributed by atoms with Crippen molar-refractivity contribution in [1.29, 1.82) is 0 Å². The van der Waals surface area contributed by atoms with E-state index in [0.717, 1.165) is 34.8 Å². The van der Waals surface area contributed by atoms with Gasteiger partial charge in [0.1, 0.15) is 5.82 Å². The standard InChI is InChI=1S/C14H16BrN3S/c1-2-16-9-12-7-8-17-14(18-12)10-19-13-5-3-11(15)4-6-13/h3-8,16H,2,9-10H2,1H3. The van der Waals surface area contributed by atoms with Crippen molar-refractivity contribution in [1.82, 2.24) is 15.3 Å². The topological polar surface area (TPSA) is 37.8 Å². The predicted molar refractivity (Wildman–Crippen MR) is 83.1 cm³/mol. The smallest absolute Gasteiger partial charge is 0.138 e. The number of hydrogen-bond donors (Lipinski definition) is 1. The molecule has 0 saturated carbocycles. The minimum absolute atomic E-state index is 0.793. The van der Waals surface area contributed by atoms with Crippen LogP contribution in [0.1, 0.15) is 18.4 Å². The molecule has 3 nitrogen and oxygen atoms in total. The van der Waals surface area contributed by atoms with Gasteiger partial charge in [-0.1, -0.05) is 22.9 Å². The molecule has 0 unspecified atom stereocenters. The summed E-state index contributed by atoms with van der Waals surface area (Å²) in [4.78, 5) is 10.1. The van der Waals surface area contributed by atoms with Crippen LogP contribution in [0.2, 0.25) is 0 Å². The van der Waals surface area contributed by atoms with Gasteiger partial charge in [0.25, 0.3) is 0 Å².